The van der Waals surface area contributed by atoms with E-state index in [0.29, 0.717) is 6.04 Å². The zero-order valence-corrected chi connectivity index (χ0v) is 11.2. The third-order valence-electron chi connectivity index (χ3n) is 3.00. The summed E-state index contributed by atoms with van der Waals surface area (Å²) in [6.07, 6.45) is 3.97. The summed E-state index contributed by atoms with van der Waals surface area (Å²) in [5.74, 6) is 0.885. The maximum atomic E-state index is 5.63. The molecule has 0 spiro atoms. The maximum absolute atomic E-state index is 5.63. The van der Waals surface area contributed by atoms with Gasteiger partial charge >= 0.3 is 0 Å². The van der Waals surface area contributed by atoms with Crippen LogP contribution < -0.4 is 5.32 Å². The molecular weight excluding hydrogens is 200 g/mol. The summed E-state index contributed by atoms with van der Waals surface area (Å²) in [6, 6.07) is 0.577. The monoisotopic (exact) mass is 228 g/mol. The first kappa shape index (κ1) is 13.9. The second-order valence-corrected chi connectivity index (χ2v) is 5.14. The summed E-state index contributed by atoms with van der Waals surface area (Å²) < 4.78 is 5.63. The zero-order chi connectivity index (χ0) is 11.8. The van der Waals surface area contributed by atoms with E-state index < -0.39 is 0 Å². The minimum Gasteiger partial charge on any atom is -0.380 e. The van der Waals surface area contributed by atoms with Crippen LogP contribution in [-0.4, -0.2) is 50.8 Å². The molecule has 1 aliphatic rings. The Morgan fingerprint density at radius 3 is 2.81 bits per heavy atom. The van der Waals surface area contributed by atoms with Gasteiger partial charge in [-0.25, -0.2) is 0 Å². The smallest absolute Gasteiger partial charge is 0.0593 e. The van der Waals surface area contributed by atoms with Crippen LogP contribution in [0.25, 0.3) is 0 Å². The van der Waals surface area contributed by atoms with E-state index in [4.69, 9.17) is 4.74 Å². The largest absolute Gasteiger partial charge is 0.380 e. The predicted molar refractivity (Wildman–Crippen MR) is 68.8 cm³/mol. The Balaban J connectivity index is 1.89. The summed E-state index contributed by atoms with van der Waals surface area (Å²) in [5.41, 5.74) is 0. The van der Waals surface area contributed by atoms with E-state index in [0.717, 1.165) is 38.8 Å². The number of hydrogen-bond donors (Lipinski definition) is 1. The van der Waals surface area contributed by atoms with E-state index in [-0.39, 0.29) is 0 Å². The first-order valence-electron chi connectivity index (χ1n) is 6.72. The Kier molecular flexibility index (Phi) is 7.01. The molecule has 1 atom stereocenters. The fourth-order valence-electron chi connectivity index (χ4n) is 1.77. The van der Waals surface area contributed by atoms with E-state index in [1.807, 2.05) is 0 Å². The van der Waals surface area contributed by atoms with Gasteiger partial charge in [0.25, 0.3) is 0 Å². The molecule has 16 heavy (non-hydrogen) atoms. The first-order chi connectivity index (χ1) is 7.72. The van der Waals surface area contributed by atoms with Gasteiger partial charge in [0.15, 0.2) is 0 Å². The molecular formula is C13H28N2O. The Bertz CT molecular complexity index is 171. The van der Waals surface area contributed by atoms with Crippen LogP contribution in [0.5, 0.6) is 0 Å². The van der Waals surface area contributed by atoms with Crippen molar-refractivity contribution in [1.29, 1.82) is 0 Å². The van der Waals surface area contributed by atoms with E-state index in [1.165, 1.54) is 19.3 Å². The van der Waals surface area contributed by atoms with Crippen LogP contribution in [-0.2, 0) is 4.74 Å². The van der Waals surface area contributed by atoms with Crippen LogP contribution in [0.3, 0.4) is 0 Å². The highest BCUT2D eigenvalue weighted by atomic mass is 16.5. The number of nitrogens with one attached hydrogen (secondary N) is 1. The second-order valence-electron chi connectivity index (χ2n) is 5.14. The van der Waals surface area contributed by atoms with Crippen molar-refractivity contribution in [2.45, 2.75) is 39.2 Å². The molecule has 0 aromatic rings. The van der Waals surface area contributed by atoms with Crippen LogP contribution in [0, 0.1) is 5.92 Å². The van der Waals surface area contributed by atoms with E-state index in [1.54, 1.807) is 0 Å². The number of likely N-dealkylation sites (N-methyl/N-ethyl adjacent to an activating group) is 1. The summed E-state index contributed by atoms with van der Waals surface area (Å²) in [7, 11) is 2.17. The molecule has 0 aliphatic heterocycles. The normalized spacial score (nSPS) is 18.0. The van der Waals surface area contributed by atoms with Crippen molar-refractivity contribution < 1.29 is 4.74 Å². The average Bonchev–Trinajstić information content (AvgIpc) is 3.05. The second kappa shape index (κ2) is 8.04. The first-order valence-corrected chi connectivity index (χ1v) is 6.72. The van der Waals surface area contributed by atoms with Gasteiger partial charge in [0, 0.05) is 25.7 Å². The molecule has 0 radical (unpaired) electrons. The Morgan fingerprint density at radius 1 is 1.44 bits per heavy atom. The van der Waals surface area contributed by atoms with Crippen LogP contribution >= 0.6 is 0 Å². The fourth-order valence-corrected chi connectivity index (χ4v) is 1.77. The van der Waals surface area contributed by atoms with Crippen LogP contribution in [0.4, 0.5) is 0 Å². The van der Waals surface area contributed by atoms with Gasteiger partial charge in [0.1, 0.15) is 0 Å². The number of ether oxygens (including phenoxy) is 1. The molecule has 0 heterocycles. The fraction of sp³-hybridized carbons (Fsp3) is 1.00. The summed E-state index contributed by atoms with van der Waals surface area (Å²) in [4.78, 5) is 2.35. The molecule has 3 heteroatoms. The number of rotatable bonds is 10. The molecule has 0 aromatic heterocycles. The third-order valence-corrected chi connectivity index (χ3v) is 3.00. The van der Waals surface area contributed by atoms with Gasteiger partial charge in [0.2, 0.25) is 0 Å². The van der Waals surface area contributed by atoms with Crippen molar-refractivity contribution in [3.63, 3.8) is 0 Å². The lowest BCUT2D eigenvalue weighted by molar-refractivity contribution is 0.101. The van der Waals surface area contributed by atoms with Gasteiger partial charge in [-0.05, 0) is 45.7 Å². The average molecular weight is 228 g/mol. The minimum atomic E-state index is 0.577. The van der Waals surface area contributed by atoms with Gasteiger partial charge in [-0.3, -0.25) is 0 Å². The zero-order valence-electron chi connectivity index (χ0n) is 11.2. The highest BCUT2D eigenvalue weighted by Crippen LogP contribution is 2.28. The molecule has 1 aliphatic carbocycles. The van der Waals surface area contributed by atoms with Crippen molar-refractivity contribution in [1.82, 2.24) is 10.2 Å². The van der Waals surface area contributed by atoms with Crippen LogP contribution in [0.2, 0.25) is 0 Å². The highest BCUT2D eigenvalue weighted by Gasteiger charge is 2.20. The quantitative estimate of drug-likeness (QED) is 0.576. The van der Waals surface area contributed by atoms with Gasteiger partial charge in [-0.15, -0.1) is 0 Å². The lowest BCUT2D eigenvalue weighted by atomic mass is 10.3. The molecule has 0 bridgehead atoms. The van der Waals surface area contributed by atoms with Crippen molar-refractivity contribution in [2.24, 2.45) is 5.92 Å². The van der Waals surface area contributed by atoms with Gasteiger partial charge < -0.3 is 15.0 Å². The SMILES string of the molecule is CCCNC(C)CN(C)CCOCC1CC1. The molecule has 1 unspecified atom stereocenters. The summed E-state index contributed by atoms with van der Waals surface area (Å²) >= 11 is 0. The predicted octanol–water partition coefficient (Wildman–Crippen LogP) is 1.73. The Morgan fingerprint density at radius 2 is 2.19 bits per heavy atom. The number of nitrogens with zero attached hydrogens (tertiary/aromatic N) is 1. The molecule has 1 N–H and O–H groups in total. The standard InChI is InChI=1S/C13H28N2O/c1-4-7-14-12(2)10-15(3)8-9-16-11-13-5-6-13/h12-14H,4-11H2,1-3H3. The van der Waals surface area contributed by atoms with E-state index in [9.17, 15) is 0 Å². The van der Waals surface area contributed by atoms with Crippen LogP contribution in [0.15, 0.2) is 0 Å². The number of hydrogen-bond acceptors (Lipinski definition) is 3. The van der Waals surface area contributed by atoms with Gasteiger partial charge in [0.05, 0.1) is 6.61 Å². The third kappa shape index (κ3) is 7.20. The maximum Gasteiger partial charge on any atom is 0.0593 e. The topological polar surface area (TPSA) is 24.5 Å². The van der Waals surface area contributed by atoms with Crippen molar-refractivity contribution >= 4 is 0 Å². The molecule has 0 aromatic carbocycles. The molecule has 96 valence electrons. The van der Waals surface area contributed by atoms with Crippen LogP contribution in [0.1, 0.15) is 33.1 Å². The molecule has 0 amide bonds. The molecule has 1 saturated carbocycles. The van der Waals surface area contributed by atoms with E-state index >= 15 is 0 Å². The molecule has 0 saturated heterocycles. The highest BCUT2D eigenvalue weighted by molar-refractivity contribution is 4.72. The summed E-state index contributed by atoms with van der Waals surface area (Å²) in [5, 5.41) is 3.50. The van der Waals surface area contributed by atoms with E-state index in [2.05, 4.69) is 31.1 Å². The summed E-state index contributed by atoms with van der Waals surface area (Å²) in [6.45, 7) is 9.59. The lowest BCUT2D eigenvalue weighted by Crippen LogP contribution is -2.38. The van der Waals surface area contributed by atoms with Crippen molar-refractivity contribution in [3.8, 4) is 0 Å². The Hall–Kier alpha value is -0.120. The molecule has 1 fully saturated rings. The lowest BCUT2D eigenvalue weighted by Gasteiger charge is -2.22. The van der Waals surface area contributed by atoms with Gasteiger partial charge in [-0.2, -0.15) is 0 Å². The molecule has 3 nitrogen and oxygen atoms in total. The van der Waals surface area contributed by atoms with Gasteiger partial charge in [-0.1, -0.05) is 6.92 Å². The Labute approximate surface area is 101 Å². The van der Waals surface area contributed by atoms with Crippen molar-refractivity contribution in [2.75, 3.05) is 39.9 Å². The van der Waals surface area contributed by atoms with Crippen molar-refractivity contribution in [3.05, 3.63) is 0 Å². The molecule has 1 rings (SSSR count). The minimum absolute atomic E-state index is 0.577.